The second-order valence-electron chi connectivity index (χ2n) is 4.88. The van der Waals surface area contributed by atoms with Gasteiger partial charge in [0.25, 0.3) is 0 Å². The number of rotatable bonds is 4. The lowest BCUT2D eigenvalue weighted by Crippen LogP contribution is -2.32. The molecule has 0 saturated carbocycles. The molecule has 0 radical (unpaired) electrons. The van der Waals surface area contributed by atoms with Crippen LogP contribution in [0.3, 0.4) is 0 Å². The summed E-state index contributed by atoms with van der Waals surface area (Å²) in [5, 5.41) is 0. The Bertz CT molecular complexity index is 448. The van der Waals surface area contributed by atoms with Crippen molar-refractivity contribution >= 4 is 0 Å². The van der Waals surface area contributed by atoms with E-state index in [9.17, 15) is 26.3 Å². The number of benzene rings is 1. The Hall–Kier alpha value is -1.44. The van der Waals surface area contributed by atoms with Gasteiger partial charge in [-0.15, -0.1) is 0 Å². The van der Waals surface area contributed by atoms with Crippen LogP contribution in [-0.2, 0) is 12.4 Å². The summed E-state index contributed by atoms with van der Waals surface area (Å²) in [5.74, 6) is -0.653. The van der Waals surface area contributed by atoms with Crippen LogP contribution in [0.15, 0.2) is 18.2 Å². The minimum absolute atomic E-state index is 0.0186. The fourth-order valence-electron chi connectivity index (χ4n) is 1.63. The average molecular weight is 315 g/mol. The zero-order valence-electron chi connectivity index (χ0n) is 11.3. The van der Waals surface area contributed by atoms with Crippen LogP contribution < -0.4 is 10.5 Å². The van der Waals surface area contributed by atoms with Gasteiger partial charge in [0, 0.05) is 6.54 Å². The molecular formula is C13H15F6NO. The van der Waals surface area contributed by atoms with E-state index in [-0.39, 0.29) is 18.5 Å². The first-order valence-electron chi connectivity index (χ1n) is 6.11. The Morgan fingerprint density at radius 1 is 0.952 bits per heavy atom. The van der Waals surface area contributed by atoms with E-state index in [1.54, 1.807) is 13.8 Å². The number of hydrogen-bond acceptors (Lipinski definition) is 2. The van der Waals surface area contributed by atoms with Crippen LogP contribution in [0.5, 0.6) is 5.75 Å². The molecule has 1 rings (SSSR count). The predicted molar refractivity (Wildman–Crippen MR) is 64.8 cm³/mol. The smallest absolute Gasteiger partial charge is 0.416 e. The molecule has 0 spiro atoms. The molecule has 1 aromatic carbocycles. The SMILES string of the molecule is CC(C)C(CN)Oc1cc(C(F)(F)F)cc(C(F)(F)F)c1. The minimum Gasteiger partial charge on any atom is -0.489 e. The van der Waals surface area contributed by atoms with E-state index in [2.05, 4.69) is 0 Å². The second-order valence-corrected chi connectivity index (χ2v) is 4.88. The fourth-order valence-corrected chi connectivity index (χ4v) is 1.63. The standard InChI is InChI=1S/C13H15F6NO/c1-7(2)11(6-20)21-10-4-8(12(14,15)16)3-9(5-10)13(17,18)19/h3-5,7,11H,6,20H2,1-2H3. The molecule has 0 saturated heterocycles. The molecule has 1 aromatic rings. The van der Waals surface area contributed by atoms with Crippen molar-refractivity contribution in [1.29, 1.82) is 0 Å². The highest BCUT2D eigenvalue weighted by atomic mass is 19.4. The van der Waals surface area contributed by atoms with Gasteiger partial charge in [-0.1, -0.05) is 13.8 Å². The van der Waals surface area contributed by atoms with Gasteiger partial charge in [-0.2, -0.15) is 26.3 Å². The summed E-state index contributed by atoms with van der Waals surface area (Å²) in [4.78, 5) is 0. The molecular weight excluding hydrogens is 300 g/mol. The summed E-state index contributed by atoms with van der Waals surface area (Å²) in [6.45, 7) is 3.39. The summed E-state index contributed by atoms with van der Waals surface area (Å²) in [6, 6.07) is 1.14. The van der Waals surface area contributed by atoms with Crippen LogP contribution >= 0.6 is 0 Å². The Morgan fingerprint density at radius 2 is 1.38 bits per heavy atom. The van der Waals surface area contributed by atoms with Gasteiger partial charge in [0.15, 0.2) is 0 Å². The highest BCUT2D eigenvalue weighted by Gasteiger charge is 2.37. The van der Waals surface area contributed by atoms with Crippen molar-refractivity contribution in [2.24, 2.45) is 11.7 Å². The number of nitrogens with two attached hydrogens (primary N) is 1. The van der Waals surface area contributed by atoms with E-state index in [1.165, 1.54) is 0 Å². The first kappa shape index (κ1) is 17.6. The van der Waals surface area contributed by atoms with Gasteiger partial charge >= 0.3 is 12.4 Å². The molecule has 8 heteroatoms. The topological polar surface area (TPSA) is 35.2 Å². The van der Waals surface area contributed by atoms with Gasteiger partial charge in [-0.25, -0.2) is 0 Å². The number of ether oxygens (including phenoxy) is 1. The molecule has 2 N–H and O–H groups in total. The summed E-state index contributed by atoms with van der Waals surface area (Å²) < 4.78 is 81.2. The minimum atomic E-state index is -4.89. The molecule has 120 valence electrons. The molecule has 0 heterocycles. The maximum atomic E-state index is 12.7. The first-order valence-corrected chi connectivity index (χ1v) is 6.11. The quantitative estimate of drug-likeness (QED) is 0.850. The Kier molecular flexibility index (Phi) is 5.14. The molecule has 1 unspecified atom stereocenters. The second kappa shape index (κ2) is 6.13. The number of hydrogen-bond donors (Lipinski definition) is 1. The molecule has 2 nitrogen and oxygen atoms in total. The third kappa shape index (κ3) is 4.80. The van der Waals surface area contributed by atoms with Gasteiger partial charge < -0.3 is 10.5 Å². The summed E-state index contributed by atoms with van der Waals surface area (Å²) in [7, 11) is 0. The third-order valence-electron chi connectivity index (χ3n) is 2.82. The van der Waals surface area contributed by atoms with Crippen LogP contribution in [0, 0.1) is 5.92 Å². The van der Waals surface area contributed by atoms with E-state index in [1.807, 2.05) is 0 Å². The molecule has 0 aromatic heterocycles. The van der Waals surface area contributed by atoms with E-state index >= 15 is 0 Å². The monoisotopic (exact) mass is 315 g/mol. The zero-order valence-corrected chi connectivity index (χ0v) is 11.3. The van der Waals surface area contributed by atoms with Crippen molar-refractivity contribution in [3.63, 3.8) is 0 Å². The van der Waals surface area contributed by atoms with Gasteiger partial charge in [-0.3, -0.25) is 0 Å². The maximum absolute atomic E-state index is 12.7. The van der Waals surface area contributed by atoms with Crippen molar-refractivity contribution in [3.8, 4) is 5.75 Å². The van der Waals surface area contributed by atoms with Gasteiger partial charge in [-0.05, 0) is 24.1 Å². The fraction of sp³-hybridized carbons (Fsp3) is 0.538. The van der Waals surface area contributed by atoms with Crippen LogP contribution in [0.2, 0.25) is 0 Å². The maximum Gasteiger partial charge on any atom is 0.416 e. The summed E-state index contributed by atoms with van der Waals surface area (Å²) in [6.07, 6.45) is -10.5. The molecule has 0 aliphatic carbocycles. The molecule has 0 amide bonds. The van der Waals surface area contributed by atoms with Crippen molar-refractivity contribution in [1.82, 2.24) is 0 Å². The van der Waals surface area contributed by atoms with Gasteiger partial charge in [0.05, 0.1) is 11.1 Å². The lowest BCUT2D eigenvalue weighted by Gasteiger charge is -2.22. The Morgan fingerprint density at radius 3 is 1.67 bits per heavy atom. The summed E-state index contributed by atoms with van der Waals surface area (Å²) in [5.41, 5.74) is 2.58. The number of halogens is 6. The molecule has 0 aliphatic rings. The number of alkyl halides is 6. The van der Waals surface area contributed by atoms with Crippen LogP contribution in [-0.4, -0.2) is 12.6 Å². The third-order valence-corrected chi connectivity index (χ3v) is 2.82. The van der Waals surface area contributed by atoms with Gasteiger partial charge in [0.2, 0.25) is 0 Å². The van der Waals surface area contributed by atoms with E-state index < -0.39 is 35.3 Å². The van der Waals surface area contributed by atoms with Crippen molar-refractivity contribution in [3.05, 3.63) is 29.3 Å². The predicted octanol–water partition coefficient (Wildman–Crippen LogP) is 4.09. The van der Waals surface area contributed by atoms with Crippen LogP contribution in [0.1, 0.15) is 25.0 Å². The molecule has 0 fully saturated rings. The lowest BCUT2D eigenvalue weighted by atomic mass is 10.1. The lowest BCUT2D eigenvalue weighted by molar-refractivity contribution is -0.143. The van der Waals surface area contributed by atoms with Crippen LogP contribution in [0.4, 0.5) is 26.3 Å². The zero-order chi connectivity index (χ0) is 16.4. The van der Waals surface area contributed by atoms with Gasteiger partial charge in [0.1, 0.15) is 11.9 Å². The van der Waals surface area contributed by atoms with Crippen molar-refractivity contribution in [2.75, 3.05) is 6.54 Å². The van der Waals surface area contributed by atoms with Crippen molar-refractivity contribution in [2.45, 2.75) is 32.3 Å². The summed E-state index contributed by atoms with van der Waals surface area (Å²) >= 11 is 0. The molecule has 0 bridgehead atoms. The average Bonchev–Trinajstić information content (AvgIpc) is 2.33. The highest BCUT2D eigenvalue weighted by Crippen LogP contribution is 2.38. The first-order chi connectivity index (χ1) is 9.45. The van der Waals surface area contributed by atoms with E-state index in [0.29, 0.717) is 12.1 Å². The Balaban J connectivity index is 3.26. The van der Waals surface area contributed by atoms with Crippen LogP contribution in [0.25, 0.3) is 0 Å². The van der Waals surface area contributed by atoms with E-state index in [0.717, 1.165) is 0 Å². The van der Waals surface area contributed by atoms with E-state index in [4.69, 9.17) is 10.5 Å². The molecule has 1 atom stereocenters. The van der Waals surface area contributed by atoms with Crippen molar-refractivity contribution < 1.29 is 31.1 Å². The molecule has 21 heavy (non-hydrogen) atoms. The molecule has 0 aliphatic heterocycles. The largest absolute Gasteiger partial charge is 0.489 e. The normalized spacial score (nSPS) is 14.4. The highest BCUT2D eigenvalue weighted by molar-refractivity contribution is 5.37. The Labute approximate surface area is 117 Å².